The Morgan fingerprint density at radius 2 is 1.90 bits per heavy atom. The first-order valence-electron chi connectivity index (χ1n) is 6.98. The van der Waals surface area contributed by atoms with Crippen molar-refractivity contribution in [1.82, 2.24) is 5.32 Å². The molecule has 0 saturated heterocycles. The van der Waals surface area contributed by atoms with Crippen LogP contribution < -0.4 is 16.4 Å². The highest BCUT2D eigenvalue weighted by Crippen LogP contribution is 2.24. The van der Waals surface area contributed by atoms with E-state index in [4.69, 9.17) is 5.73 Å². The molecule has 2 amide bonds. The molecule has 6 heteroatoms. The first kappa shape index (κ1) is 17.5. The second-order valence-electron chi connectivity index (χ2n) is 5.27. The quantitative estimate of drug-likeness (QED) is 0.794. The van der Waals surface area contributed by atoms with Gasteiger partial charge >= 0.3 is 0 Å². The molecule has 0 heterocycles. The maximum absolute atomic E-state index is 12.2. The van der Waals surface area contributed by atoms with Gasteiger partial charge in [0.05, 0.1) is 0 Å². The molecule has 0 radical (unpaired) electrons. The summed E-state index contributed by atoms with van der Waals surface area (Å²) in [7, 11) is 0. The van der Waals surface area contributed by atoms with Crippen molar-refractivity contribution in [2.45, 2.75) is 32.2 Å². The number of anilines is 1. The molecule has 1 fully saturated rings. The topological polar surface area (TPSA) is 84.2 Å². The summed E-state index contributed by atoms with van der Waals surface area (Å²) >= 11 is 0. The van der Waals surface area contributed by atoms with E-state index in [1.54, 1.807) is 24.3 Å². The van der Waals surface area contributed by atoms with Crippen molar-refractivity contribution < 1.29 is 9.59 Å². The lowest BCUT2D eigenvalue weighted by molar-refractivity contribution is -0.114. The number of carbonyl (C=O) groups excluding carboxylic acids is 2. The molecule has 2 rings (SSSR count). The Morgan fingerprint density at radius 1 is 1.24 bits per heavy atom. The predicted octanol–water partition coefficient (Wildman–Crippen LogP) is 1.92. The van der Waals surface area contributed by atoms with Crippen LogP contribution in [-0.2, 0) is 4.79 Å². The fourth-order valence-corrected chi connectivity index (χ4v) is 2.67. The van der Waals surface area contributed by atoms with Crippen molar-refractivity contribution in [3.8, 4) is 0 Å². The van der Waals surface area contributed by atoms with Gasteiger partial charge in [0, 0.05) is 24.2 Å². The van der Waals surface area contributed by atoms with Crippen LogP contribution in [0.1, 0.15) is 36.5 Å². The summed E-state index contributed by atoms with van der Waals surface area (Å²) in [5.74, 6) is 0.182. The molecular formula is C15H22ClN3O2. The number of halogens is 1. The summed E-state index contributed by atoms with van der Waals surface area (Å²) in [4.78, 5) is 23.1. The molecule has 1 aliphatic carbocycles. The number of hydrogen-bond donors (Lipinski definition) is 3. The number of nitrogens with two attached hydrogens (primary N) is 1. The third-order valence-electron chi connectivity index (χ3n) is 3.75. The minimum Gasteiger partial charge on any atom is -0.349 e. The third-order valence-corrected chi connectivity index (χ3v) is 3.75. The Bertz CT molecular complexity index is 490. The number of benzene rings is 1. The molecule has 2 unspecified atom stereocenters. The molecule has 1 aliphatic rings. The molecule has 2 atom stereocenters. The van der Waals surface area contributed by atoms with E-state index in [1.807, 2.05) is 0 Å². The highest BCUT2D eigenvalue weighted by Gasteiger charge is 2.27. The average Bonchev–Trinajstić information content (AvgIpc) is 2.86. The minimum absolute atomic E-state index is 0. The van der Waals surface area contributed by atoms with Gasteiger partial charge in [-0.1, -0.05) is 6.42 Å². The molecule has 21 heavy (non-hydrogen) atoms. The van der Waals surface area contributed by atoms with Gasteiger partial charge in [-0.3, -0.25) is 9.59 Å². The summed E-state index contributed by atoms with van der Waals surface area (Å²) < 4.78 is 0. The zero-order valence-corrected chi connectivity index (χ0v) is 12.9. The Balaban J connectivity index is 0.00000220. The molecule has 116 valence electrons. The molecule has 4 N–H and O–H groups in total. The summed E-state index contributed by atoms with van der Waals surface area (Å²) in [5, 5.41) is 5.72. The van der Waals surface area contributed by atoms with Crippen LogP contribution in [0.25, 0.3) is 0 Å². The van der Waals surface area contributed by atoms with Crippen LogP contribution in [0.2, 0.25) is 0 Å². The maximum Gasteiger partial charge on any atom is 0.251 e. The van der Waals surface area contributed by atoms with Gasteiger partial charge in [-0.15, -0.1) is 12.4 Å². The van der Waals surface area contributed by atoms with Crippen molar-refractivity contribution >= 4 is 29.9 Å². The van der Waals surface area contributed by atoms with Crippen LogP contribution in [-0.4, -0.2) is 24.4 Å². The zero-order chi connectivity index (χ0) is 14.5. The second kappa shape index (κ2) is 8.00. The van der Waals surface area contributed by atoms with Crippen LogP contribution in [0.3, 0.4) is 0 Å². The molecule has 1 aromatic carbocycles. The van der Waals surface area contributed by atoms with E-state index in [1.165, 1.54) is 6.92 Å². The normalized spacial score (nSPS) is 20.5. The van der Waals surface area contributed by atoms with Crippen LogP contribution in [0.4, 0.5) is 5.69 Å². The fraction of sp³-hybridized carbons (Fsp3) is 0.467. The van der Waals surface area contributed by atoms with Crippen molar-refractivity contribution in [2.75, 3.05) is 11.9 Å². The molecule has 0 aromatic heterocycles. The van der Waals surface area contributed by atoms with Crippen molar-refractivity contribution in [3.63, 3.8) is 0 Å². The van der Waals surface area contributed by atoms with E-state index in [9.17, 15) is 9.59 Å². The maximum atomic E-state index is 12.2. The standard InChI is InChI=1S/C15H21N3O2.ClH/c1-10(19)17-13-7-5-11(6-8-13)15(20)18-14-4-2-3-12(14)9-16;/h5-8,12,14H,2-4,9,16H2,1H3,(H,17,19)(H,18,20);1H. The van der Waals surface area contributed by atoms with Crippen LogP contribution in [0, 0.1) is 5.92 Å². The Hall–Kier alpha value is -1.59. The molecule has 1 aromatic rings. The van der Waals surface area contributed by atoms with Gasteiger partial charge < -0.3 is 16.4 Å². The summed E-state index contributed by atoms with van der Waals surface area (Å²) in [6, 6.07) is 7.07. The number of carbonyl (C=O) groups is 2. The summed E-state index contributed by atoms with van der Waals surface area (Å²) in [6.45, 7) is 2.07. The van der Waals surface area contributed by atoms with Crippen molar-refractivity contribution in [3.05, 3.63) is 29.8 Å². The monoisotopic (exact) mass is 311 g/mol. The van der Waals surface area contributed by atoms with Gasteiger partial charge in [0.2, 0.25) is 5.91 Å². The third kappa shape index (κ3) is 4.72. The van der Waals surface area contributed by atoms with Gasteiger partial charge in [0.15, 0.2) is 0 Å². The lowest BCUT2D eigenvalue weighted by Crippen LogP contribution is -2.39. The number of rotatable bonds is 4. The van der Waals surface area contributed by atoms with Gasteiger partial charge in [0.25, 0.3) is 5.91 Å². The summed E-state index contributed by atoms with van der Waals surface area (Å²) in [5.41, 5.74) is 7.00. The lowest BCUT2D eigenvalue weighted by Gasteiger charge is -2.19. The van der Waals surface area contributed by atoms with Crippen molar-refractivity contribution in [2.24, 2.45) is 11.7 Å². The highest BCUT2D eigenvalue weighted by molar-refractivity contribution is 5.95. The van der Waals surface area contributed by atoms with Gasteiger partial charge in [0.1, 0.15) is 0 Å². The fourth-order valence-electron chi connectivity index (χ4n) is 2.67. The van der Waals surface area contributed by atoms with E-state index in [-0.39, 0.29) is 30.3 Å². The summed E-state index contributed by atoms with van der Waals surface area (Å²) in [6.07, 6.45) is 3.20. The highest BCUT2D eigenvalue weighted by atomic mass is 35.5. The first-order chi connectivity index (χ1) is 9.60. The van der Waals surface area contributed by atoms with Gasteiger partial charge in [-0.05, 0) is 49.6 Å². The number of hydrogen-bond acceptors (Lipinski definition) is 3. The SMILES string of the molecule is CC(=O)Nc1ccc(C(=O)NC2CCCC2CN)cc1.Cl. The minimum atomic E-state index is -0.126. The van der Waals surface area contributed by atoms with Crippen LogP contribution >= 0.6 is 12.4 Å². The van der Waals surface area contributed by atoms with E-state index in [0.717, 1.165) is 19.3 Å². The second-order valence-corrected chi connectivity index (χ2v) is 5.27. The number of nitrogens with one attached hydrogen (secondary N) is 2. The average molecular weight is 312 g/mol. The molecule has 0 bridgehead atoms. The van der Waals surface area contributed by atoms with Crippen molar-refractivity contribution in [1.29, 1.82) is 0 Å². The predicted molar refractivity (Wildman–Crippen MR) is 85.6 cm³/mol. The van der Waals surface area contributed by atoms with E-state index in [2.05, 4.69) is 10.6 Å². The van der Waals surface area contributed by atoms with E-state index >= 15 is 0 Å². The lowest BCUT2D eigenvalue weighted by atomic mass is 10.0. The Labute approximate surface area is 131 Å². The first-order valence-corrected chi connectivity index (χ1v) is 6.98. The molecule has 0 spiro atoms. The van der Waals surface area contributed by atoms with Gasteiger partial charge in [-0.2, -0.15) is 0 Å². The molecular weight excluding hydrogens is 290 g/mol. The smallest absolute Gasteiger partial charge is 0.251 e. The Kier molecular flexibility index (Phi) is 6.65. The number of amides is 2. The van der Waals surface area contributed by atoms with Crippen LogP contribution in [0.5, 0.6) is 0 Å². The zero-order valence-electron chi connectivity index (χ0n) is 12.1. The van der Waals surface area contributed by atoms with E-state index in [0.29, 0.717) is 23.7 Å². The van der Waals surface area contributed by atoms with E-state index < -0.39 is 0 Å². The largest absolute Gasteiger partial charge is 0.349 e. The van der Waals surface area contributed by atoms with Crippen LogP contribution in [0.15, 0.2) is 24.3 Å². The molecule has 0 aliphatic heterocycles. The van der Waals surface area contributed by atoms with Gasteiger partial charge in [-0.25, -0.2) is 0 Å². The molecule has 5 nitrogen and oxygen atoms in total. The Morgan fingerprint density at radius 3 is 2.48 bits per heavy atom. The molecule has 1 saturated carbocycles.